The van der Waals surface area contributed by atoms with Crippen LogP contribution in [0.2, 0.25) is 0 Å². The molecule has 0 radical (unpaired) electrons. The van der Waals surface area contributed by atoms with Crippen molar-refractivity contribution in [2.75, 3.05) is 0 Å². The zero-order chi connectivity index (χ0) is 30.6. The fourth-order valence-electron chi connectivity index (χ4n) is 5.12. The highest BCUT2D eigenvalue weighted by molar-refractivity contribution is 5.96. The molecule has 3 aromatic rings. The Labute approximate surface area is 250 Å². The molecule has 0 amide bonds. The summed E-state index contributed by atoms with van der Waals surface area (Å²) in [7, 11) is 0. The Hall–Kier alpha value is -3.93. The number of carbonyl (C=O) groups excluding carboxylic acids is 2. The van der Waals surface area contributed by atoms with Gasteiger partial charge in [0, 0.05) is 0 Å². The number of carboxylic acid groups (broad SMARTS) is 1. The number of esters is 2. The van der Waals surface area contributed by atoms with E-state index in [0.29, 0.717) is 17.0 Å². The number of rotatable bonds is 15. The van der Waals surface area contributed by atoms with Gasteiger partial charge in [0.15, 0.2) is 0 Å². The lowest BCUT2D eigenvalue weighted by Crippen LogP contribution is -2.18. The van der Waals surface area contributed by atoms with E-state index in [1.54, 1.807) is 48.5 Å². The standard InChI is InChI=1S/C36H44O6/c1-6-9-10-11-24(4)41-35(39)30-18-14-28(15-19-30)33-23-31(36(40)42-25(5)22-26(7-2)8-3)20-21-32(33)27-12-16-29(17-13-27)34(37)38/h12-21,23-26H,6-11,22H2,1-5H3,(H,37,38)/t24-,25-/m1/s1. The van der Waals surface area contributed by atoms with Gasteiger partial charge in [-0.2, -0.15) is 0 Å². The van der Waals surface area contributed by atoms with Crippen molar-refractivity contribution in [3.63, 3.8) is 0 Å². The number of unbranched alkanes of at least 4 members (excludes halogenated alkanes) is 2. The van der Waals surface area contributed by atoms with Crippen LogP contribution in [0.25, 0.3) is 22.3 Å². The molecular weight excluding hydrogens is 528 g/mol. The van der Waals surface area contributed by atoms with Crippen LogP contribution in [0.1, 0.15) is 111 Å². The van der Waals surface area contributed by atoms with Crippen molar-refractivity contribution in [1.82, 2.24) is 0 Å². The average molecular weight is 573 g/mol. The van der Waals surface area contributed by atoms with Crippen LogP contribution in [0.3, 0.4) is 0 Å². The van der Waals surface area contributed by atoms with E-state index >= 15 is 0 Å². The lowest BCUT2D eigenvalue weighted by Gasteiger charge is -2.19. The van der Waals surface area contributed by atoms with E-state index in [1.165, 1.54) is 0 Å². The number of carbonyl (C=O) groups is 3. The minimum Gasteiger partial charge on any atom is -0.478 e. The number of hydrogen-bond donors (Lipinski definition) is 1. The second-order valence-electron chi connectivity index (χ2n) is 11.1. The highest BCUT2D eigenvalue weighted by Gasteiger charge is 2.19. The molecule has 0 aliphatic heterocycles. The molecule has 0 bridgehead atoms. The minimum absolute atomic E-state index is 0.154. The van der Waals surface area contributed by atoms with Gasteiger partial charge in [-0.05, 0) is 97.7 Å². The monoisotopic (exact) mass is 572 g/mol. The molecule has 0 fully saturated rings. The average Bonchev–Trinajstić information content (AvgIpc) is 2.99. The van der Waals surface area contributed by atoms with Gasteiger partial charge >= 0.3 is 17.9 Å². The van der Waals surface area contributed by atoms with Crippen molar-refractivity contribution in [3.8, 4) is 22.3 Å². The molecule has 0 spiro atoms. The first kappa shape index (κ1) is 32.6. The van der Waals surface area contributed by atoms with Crippen LogP contribution in [0.15, 0.2) is 66.7 Å². The lowest BCUT2D eigenvalue weighted by atomic mass is 9.92. The van der Waals surface area contributed by atoms with Gasteiger partial charge in [-0.25, -0.2) is 14.4 Å². The Kier molecular flexibility index (Phi) is 12.3. The summed E-state index contributed by atoms with van der Waals surface area (Å²) < 4.78 is 11.4. The first-order valence-electron chi connectivity index (χ1n) is 15.2. The molecule has 0 saturated heterocycles. The number of benzene rings is 3. The van der Waals surface area contributed by atoms with Crippen molar-refractivity contribution in [2.24, 2.45) is 5.92 Å². The number of hydrogen-bond acceptors (Lipinski definition) is 5. The zero-order valence-electron chi connectivity index (χ0n) is 25.5. The van der Waals surface area contributed by atoms with Gasteiger partial charge in [0.25, 0.3) is 0 Å². The summed E-state index contributed by atoms with van der Waals surface area (Å²) in [6, 6.07) is 19.2. The molecule has 1 N–H and O–H groups in total. The van der Waals surface area contributed by atoms with Gasteiger partial charge in [-0.3, -0.25) is 0 Å². The van der Waals surface area contributed by atoms with E-state index in [1.807, 2.05) is 32.0 Å². The van der Waals surface area contributed by atoms with Crippen LogP contribution in [0.5, 0.6) is 0 Å². The predicted molar refractivity (Wildman–Crippen MR) is 167 cm³/mol. The molecule has 42 heavy (non-hydrogen) atoms. The minimum atomic E-state index is -0.996. The third kappa shape index (κ3) is 9.04. The van der Waals surface area contributed by atoms with Crippen molar-refractivity contribution >= 4 is 17.9 Å². The number of aromatic carboxylic acids is 1. The summed E-state index contributed by atoms with van der Waals surface area (Å²) in [6.07, 6.45) is 6.62. The van der Waals surface area contributed by atoms with Crippen LogP contribution in [0, 0.1) is 5.92 Å². The van der Waals surface area contributed by atoms with Crippen molar-refractivity contribution < 1.29 is 29.0 Å². The SMILES string of the molecule is CCCCC[C@@H](C)OC(=O)c1ccc(-c2cc(C(=O)O[C@H](C)CC(CC)CC)ccc2-c2ccc(C(=O)O)cc2)cc1. The smallest absolute Gasteiger partial charge is 0.338 e. The molecule has 0 aliphatic rings. The molecular formula is C36H44O6. The molecule has 6 heteroatoms. The van der Waals surface area contributed by atoms with Crippen molar-refractivity contribution in [1.29, 1.82) is 0 Å². The second kappa shape index (κ2) is 15.9. The Morgan fingerprint density at radius 3 is 1.76 bits per heavy atom. The van der Waals surface area contributed by atoms with Crippen LogP contribution < -0.4 is 0 Å². The summed E-state index contributed by atoms with van der Waals surface area (Å²) in [4.78, 5) is 37.3. The van der Waals surface area contributed by atoms with E-state index in [4.69, 9.17) is 9.47 Å². The van der Waals surface area contributed by atoms with Gasteiger partial charge in [0.2, 0.25) is 0 Å². The Morgan fingerprint density at radius 1 is 0.667 bits per heavy atom. The lowest BCUT2D eigenvalue weighted by molar-refractivity contribution is 0.0282. The maximum atomic E-state index is 13.2. The fraction of sp³-hybridized carbons (Fsp3) is 0.417. The quantitative estimate of drug-likeness (QED) is 0.144. The van der Waals surface area contributed by atoms with Gasteiger partial charge in [-0.1, -0.05) is 76.8 Å². The highest BCUT2D eigenvalue weighted by atomic mass is 16.5. The third-order valence-corrected chi connectivity index (χ3v) is 7.78. The molecule has 0 aliphatic carbocycles. The molecule has 0 heterocycles. The van der Waals surface area contributed by atoms with Gasteiger partial charge in [-0.15, -0.1) is 0 Å². The Morgan fingerprint density at radius 2 is 1.19 bits per heavy atom. The molecule has 3 aromatic carbocycles. The van der Waals surface area contributed by atoms with Crippen LogP contribution in [-0.2, 0) is 9.47 Å². The van der Waals surface area contributed by atoms with Crippen LogP contribution in [-0.4, -0.2) is 35.2 Å². The molecule has 2 atom stereocenters. The third-order valence-electron chi connectivity index (χ3n) is 7.78. The molecule has 6 nitrogen and oxygen atoms in total. The van der Waals surface area contributed by atoms with Crippen molar-refractivity contribution in [2.45, 2.75) is 91.8 Å². The summed E-state index contributed by atoms with van der Waals surface area (Å²) in [5, 5.41) is 9.32. The van der Waals surface area contributed by atoms with Gasteiger partial charge < -0.3 is 14.6 Å². The summed E-state index contributed by atoms with van der Waals surface area (Å²) in [5.41, 5.74) is 4.29. The summed E-state index contributed by atoms with van der Waals surface area (Å²) >= 11 is 0. The fourth-order valence-corrected chi connectivity index (χ4v) is 5.12. The van der Waals surface area contributed by atoms with E-state index in [9.17, 15) is 19.5 Å². The van der Waals surface area contributed by atoms with Crippen LogP contribution in [0.4, 0.5) is 0 Å². The normalized spacial score (nSPS) is 12.5. The van der Waals surface area contributed by atoms with E-state index in [-0.39, 0.29) is 29.7 Å². The first-order valence-corrected chi connectivity index (χ1v) is 15.2. The Bertz CT molecular complexity index is 1320. The van der Waals surface area contributed by atoms with E-state index in [2.05, 4.69) is 20.8 Å². The van der Waals surface area contributed by atoms with E-state index < -0.39 is 5.97 Å². The topological polar surface area (TPSA) is 89.9 Å². The second-order valence-corrected chi connectivity index (χ2v) is 11.1. The maximum absolute atomic E-state index is 13.2. The molecule has 0 unspecified atom stereocenters. The maximum Gasteiger partial charge on any atom is 0.338 e. The predicted octanol–water partition coefficient (Wildman–Crippen LogP) is 9.22. The largest absolute Gasteiger partial charge is 0.478 e. The summed E-state index contributed by atoms with van der Waals surface area (Å²) in [5.74, 6) is -1.24. The number of carboxylic acids is 1. The van der Waals surface area contributed by atoms with Gasteiger partial charge in [0.1, 0.15) is 0 Å². The molecule has 3 rings (SSSR count). The van der Waals surface area contributed by atoms with Crippen LogP contribution >= 0.6 is 0 Å². The molecule has 0 aromatic heterocycles. The highest BCUT2D eigenvalue weighted by Crippen LogP contribution is 2.34. The Balaban J connectivity index is 1.91. The van der Waals surface area contributed by atoms with Crippen molar-refractivity contribution in [3.05, 3.63) is 83.4 Å². The van der Waals surface area contributed by atoms with E-state index in [0.717, 1.165) is 67.2 Å². The summed E-state index contributed by atoms with van der Waals surface area (Å²) in [6.45, 7) is 10.3. The van der Waals surface area contributed by atoms with Gasteiger partial charge in [0.05, 0.1) is 28.9 Å². The molecule has 224 valence electrons. The molecule has 0 saturated carbocycles. The number of ether oxygens (including phenoxy) is 2. The first-order chi connectivity index (χ1) is 20.2. The zero-order valence-corrected chi connectivity index (χ0v) is 25.5.